The maximum atomic E-state index is 5.56. The highest BCUT2D eigenvalue weighted by molar-refractivity contribution is 5.23. The van der Waals surface area contributed by atoms with Gasteiger partial charge in [-0.15, -0.1) is 0 Å². The van der Waals surface area contributed by atoms with Crippen molar-refractivity contribution in [2.24, 2.45) is 0 Å². The first-order valence-corrected chi connectivity index (χ1v) is 6.71. The van der Waals surface area contributed by atoms with E-state index in [0.29, 0.717) is 6.04 Å². The molecule has 4 nitrogen and oxygen atoms in total. The number of H-pyrrole nitrogens is 1. The zero-order valence-corrected chi connectivity index (χ0v) is 11.1. The second kappa shape index (κ2) is 5.55. The Morgan fingerprint density at radius 2 is 2.16 bits per heavy atom. The lowest BCUT2D eigenvalue weighted by Crippen LogP contribution is -2.15. The van der Waals surface area contributed by atoms with Crippen molar-refractivity contribution >= 4 is 0 Å². The van der Waals surface area contributed by atoms with Gasteiger partial charge in [-0.25, -0.2) is 4.98 Å². The Kier molecular flexibility index (Phi) is 3.62. The summed E-state index contributed by atoms with van der Waals surface area (Å²) in [6.07, 6.45) is 4.35. The van der Waals surface area contributed by atoms with Crippen molar-refractivity contribution in [3.63, 3.8) is 0 Å². The van der Waals surface area contributed by atoms with E-state index in [2.05, 4.69) is 27.4 Å². The molecule has 0 radical (unpaired) electrons. The smallest absolute Gasteiger partial charge is 0.140 e. The van der Waals surface area contributed by atoms with Gasteiger partial charge in [-0.2, -0.15) is 0 Å². The quantitative estimate of drug-likeness (QED) is 0.835. The number of nitrogens with zero attached hydrogens (tertiary/aromatic N) is 1. The van der Waals surface area contributed by atoms with Gasteiger partial charge in [-0.1, -0.05) is 30.3 Å². The fourth-order valence-electron chi connectivity index (χ4n) is 2.17. The van der Waals surface area contributed by atoms with Crippen LogP contribution in [-0.2, 0) is 11.3 Å². The van der Waals surface area contributed by atoms with Gasteiger partial charge in [0, 0.05) is 31.6 Å². The maximum absolute atomic E-state index is 5.56. The highest BCUT2D eigenvalue weighted by Crippen LogP contribution is 2.23. The Morgan fingerprint density at radius 3 is 2.84 bits per heavy atom. The van der Waals surface area contributed by atoms with Crippen molar-refractivity contribution < 1.29 is 4.74 Å². The number of imidazole rings is 1. The summed E-state index contributed by atoms with van der Waals surface area (Å²) in [5, 5.41) is 3.47. The first-order chi connectivity index (χ1) is 9.36. The van der Waals surface area contributed by atoms with Crippen LogP contribution in [0.4, 0.5) is 0 Å². The second-order valence-corrected chi connectivity index (χ2v) is 4.98. The van der Waals surface area contributed by atoms with Crippen molar-refractivity contribution in [2.75, 3.05) is 7.11 Å². The number of ether oxygens (including phenoxy) is 1. The molecule has 1 aromatic heterocycles. The zero-order valence-electron chi connectivity index (χ0n) is 11.1. The molecule has 2 aromatic rings. The van der Waals surface area contributed by atoms with Crippen molar-refractivity contribution in [1.29, 1.82) is 0 Å². The van der Waals surface area contributed by atoms with Crippen LogP contribution in [-0.4, -0.2) is 23.1 Å². The lowest BCUT2D eigenvalue weighted by molar-refractivity contribution is 0.129. The van der Waals surface area contributed by atoms with Crippen molar-refractivity contribution in [2.45, 2.75) is 31.5 Å². The summed E-state index contributed by atoms with van der Waals surface area (Å²) in [6, 6.07) is 10.8. The van der Waals surface area contributed by atoms with Crippen LogP contribution in [0, 0.1) is 0 Å². The minimum atomic E-state index is -0.129. The molecule has 1 unspecified atom stereocenters. The molecule has 1 aliphatic carbocycles. The van der Waals surface area contributed by atoms with E-state index in [0.717, 1.165) is 23.6 Å². The van der Waals surface area contributed by atoms with Gasteiger partial charge in [-0.05, 0) is 18.4 Å². The minimum absolute atomic E-state index is 0.129. The molecule has 0 spiro atoms. The van der Waals surface area contributed by atoms with Gasteiger partial charge in [0.2, 0.25) is 0 Å². The van der Waals surface area contributed by atoms with E-state index in [1.54, 1.807) is 7.11 Å². The standard InChI is InChI=1S/C15H19N3O/c1-19-14(11-5-3-2-4-6-11)15-17-10-13(18-15)9-16-12-7-8-12/h2-6,10,12,14,16H,7-9H2,1H3,(H,17,18). The van der Waals surface area contributed by atoms with Crippen LogP contribution in [0.5, 0.6) is 0 Å². The average molecular weight is 257 g/mol. The zero-order chi connectivity index (χ0) is 13.1. The molecular formula is C15H19N3O. The van der Waals surface area contributed by atoms with E-state index in [9.17, 15) is 0 Å². The summed E-state index contributed by atoms with van der Waals surface area (Å²) in [7, 11) is 1.71. The number of aromatic nitrogens is 2. The fourth-order valence-corrected chi connectivity index (χ4v) is 2.17. The molecule has 3 rings (SSSR count). The lowest BCUT2D eigenvalue weighted by Gasteiger charge is -2.13. The Hall–Kier alpha value is -1.65. The number of rotatable bonds is 6. The topological polar surface area (TPSA) is 49.9 Å². The summed E-state index contributed by atoms with van der Waals surface area (Å²) >= 11 is 0. The van der Waals surface area contributed by atoms with Gasteiger partial charge >= 0.3 is 0 Å². The van der Waals surface area contributed by atoms with Gasteiger partial charge in [0.05, 0.1) is 0 Å². The summed E-state index contributed by atoms with van der Waals surface area (Å²) in [6.45, 7) is 0.850. The van der Waals surface area contributed by atoms with Crippen LogP contribution in [0.25, 0.3) is 0 Å². The van der Waals surface area contributed by atoms with Gasteiger partial charge in [0.1, 0.15) is 11.9 Å². The Balaban J connectivity index is 1.72. The highest BCUT2D eigenvalue weighted by Gasteiger charge is 2.21. The normalized spacial score (nSPS) is 16.5. The second-order valence-electron chi connectivity index (χ2n) is 4.98. The third kappa shape index (κ3) is 3.03. The van der Waals surface area contributed by atoms with Gasteiger partial charge in [-0.3, -0.25) is 0 Å². The van der Waals surface area contributed by atoms with Crippen molar-refractivity contribution in [3.05, 3.63) is 53.6 Å². The Labute approximate surface area is 113 Å². The van der Waals surface area contributed by atoms with E-state index >= 15 is 0 Å². The van der Waals surface area contributed by atoms with Crippen molar-refractivity contribution in [1.82, 2.24) is 15.3 Å². The molecule has 1 heterocycles. The summed E-state index contributed by atoms with van der Waals surface area (Å²) in [5.41, 5.74) is 2.22. The number of hydrogen-bond donors (Lipinski definition) is 2. The molecule has 4 heteroatoms. The molecule has 1 aromatic carbocycles. The third-order valence-electron chi connectivity index (χ3n) is 3.39. The summed E-state index contributed by atoms with van der Waals surface area (Å²) in [4.78, 5) is 7.79. The van der Waals surface area contributed by atoms with Crippen LogP contribution >= 0.6 is 0 Å². The molecular weight excluding hydrogens is 238 g/mol. The Morgan fingerprint density at radius 1 is 1.37 bits per heavy atom. The minimum Gasteiger partial charge on any atom is -0.369 e. The average Bonchev–Trinajstić information content (AvgIpc) is 3.17. The lowest BCUT2D eigenvalue weighted by atomic mass is 10.1. The Bertz CT molecular complexity index is 519. The summed E-state index contributed by atoms with van der Waals surface area (Å²) in [5.74, 6) is 0.862. The molecule has 1 fully saturated rings. The monoisotopic (exact) mass is 257 g/mol. The van der Waals surface area contributed by atoms with Crippen LogP contribution in [0.15, 0.2) is 36.5 Å². The van der Waals surface area contributed by atoms with Gasteiger partial charge in [0.15, 0.2) is 0 Å². The molecule has 0 amide bonds. The molecule has 100 valence electrons. The molecule has 0 aliphatic heterocycles. The number of hydrogen-bond acceptors (Lipinski definition) is 3. The first-order valence-electron chi connectivity index (χ1n) is 6.71. The van der Waals surface area contributed by atoms with Crippen LogP contribution < -0.4 is 5.32 Å². The van der Waals surface area contributed by atoms with Crippen molar-refractivity contribution in [3.8, 4) is 0 Å². The number of aromatic amines is 1. The van der Waals surface area contributed by atoms with E-state index < -0.39 is 0 Å². The largest absolute Gasteiger partial charge is 0.369 e. The molecule has 0 saturated heterocycles. The first kappa shape index (κ1) is 12.4. The number of benzene rings is 1. The van der Waals surface area contributed by atoms with E-state index in [1.165, 1.54) is 12.8 Å². The molecule has 1 saturated carbocycles. The van der Waals surface area contributed by atoms with Crippen LogP contribution in [0.2, 0.25) is 0 Å². The van der Waals surface area contributed by atoms with E-state index in [1.807, 2.05) is 24.4 Å². The van der Waals surface area contributed by atoms with E-state index in [4.69, 9.17) is 4.74 Å². The predicted octanol–water partition coefficient (Wildman–Crippen LogP) is 2.40. The fraction of sp³-hybridized carbons (Fsp3) is 0.400. The van der Waals surface area contributed by atoms with Crippen LogP contribution in [0.3, 0.4) is 0 Å². The maximum Gasteiger partial charge on any atom is 0.140 e. The molecule has 1 atom stereocenters. The highest BCUT2D eigenvalue weighted by atomic mass is 16.5. The third-order valence-corrected chi connectivity index (χ3v) is 3.39. The summed E-state index contributed by atoms with van der Waals surface area (Å²) < 4.78 is 5.56. The van der Waals surface area contributed by atoms with E-state index in [-0.39, 0.29) is 6.10 Å². The SMILES string of the molecule is COC(c1ccccc1)c1ncc(CNC2CC2)[nH]1. The van der Waals surface area contributed by atoms with Gasteiger partial charge < -0.3 is 15.0 Å². The van der Waals surface area contributed by atoms with Crippen LogP contribution in [0.1, 0.15) is 36.0 Å². The molecule has 0 bridgehead atoms. The molecule has 1 aliphatic rings. The molecule has 19 heavy (non-hydrogen) atoms. The number of methoxy groups -OCH3 is 1. The molecule has 2 N–H and O–H groups in total. The predicted molar refractivity (Wildman–Crippen MR) is 73.7 cm³/mol. The van der Waals surface area contributed by atoms with Gasteiger partial charge in [0.25, 0.3) is 0 Å². The number of nitrogens with one attached hydrogen (secondary N) is 2.